The number of ether oxygens (including phenoxy) is 2. The second kappa shape index (κ2) is 12.0. The molecule has 42 heavy (non-hydrogen) atoms. The number of hydrogen-bond donors (Lipinski definition) is 4. The summed E-state index contributed by atoms with van der Waals surface area (Å²) in [7, 11) is 2.27. The third-order valence-corrected chi connectivity index (χ3v) is 9.33. The van der Waals surface area contributed by atoms with Crippen molar-refractivity contribution < 1.29 is 24.2 Å². The van der Waals surface area contributed by atoms with Crippen molar-refractivity contribution in [2.24, 2.45) is 17.6 Å². The SMILES string of the molecule is CC.CCC1(C)c2c3ccc(O)c2Oc2[nH]c4c(NC(=O)COCC(N)=O)cccc4c2CC1C(N(C)CC1CC1)C3. The normalized spacial score (nSPS) is 22.3. The maximum atomic E-state index is 12.6. The van der Waals surface area contributed by atoms with Crippen molar-refractivity contribution in [2.45, 2.75) is 71.3 Å². The van der Waals surface area contributed by atoms with Gasteiger partial charge in [-0.2, -0.15) is 0 Å². The standard InChI is InChI=1S/C31H38N4O5.C2H6/c1-4-31(2)21-13-20-19-6-5-7-22(33-26(38)16-39-15-25(32)37)28(19)34-30(20)40-29-24(36)11-10-18(27(29)31)12-23(21)35(3)14-17-8-9-17;1-2/h5-7,10-11,17,21,23,34,36H,4,8-9,12-16H2,1-3H3,(H2,32,37)(H,33,38);1-2H3. The topological polar surface area (TPSA) is 130 Å². The zero-order chi connectivity index (χ0) is 30.2. The summed E-state index contributed by atoms with van der Waals surface area (Å²) >= 11 is 0. The van der Waals surface area contributed by atoms with E-state index in [2.05, 4.69) is 42.2 Å². The number of anilines is 1. The Morgan fingerprint density at radius 2 is 1.95 bits per heavy atom. The van der Waals surface area contributed by atoms with Crippen molar-refractivity contribution in [2.75, 3.05) is 32.1 Å². The summed E-state index contributed by atoms with van der Waals surface area (Å²) in [5.41, 5.74) is 9.64. The molecule has 3 aliphatic rings. The maximum absolute atomic E-state index is 12.6. The number of H-pyrrole nitrogens is 1. The summed E-state index contributed by atoms with van der Waals surface area (Å²) in [6.45, 7) is 9.07. The van der Waals surface area contributed by atoms with E-state index in [1.165, 1.54) is 18.4 Å². The van der Waals surface area contributed by atoms with Crippen molar-refractivity contribution in [1.82, 2.24) is 9.88 Å². The molecular weight excluding hydrogens is 532 g/mol. The van der Waals surface area contributed by atoms with Gasteiger partial charge in [-0.05, 0) is 68.7 Å². The van der Waals surface area contributed by atoms with Crippen LogP contribution in [0.4, 0.5) is 5.69 Å². The number of para-hydroxylation sites is 1. The van der Waals surface area contributed by atoms with E-state index in [1.54, 1.807) is 6.07 Å². The minimum Gasteiger partial charge on any atom is -0.504 e. The number of carbonyl (C=O) groups excluding carboxylic acids is 2. The highest BCUT2D eigenvalue weighted by atomic mass is 16.5. The average Bonchev–Trinajstić information content (AvgIpc) is 3.71. The van der Waals surface area contributed by atoms with Gasteiger partial charge in [0.2, 0.25) is 17.7 Å². The van der Waals surface area contributed by atoms with Crippen molar-refractivity contribution in [3.63, 3.8) is 0 Å². The van der Waals surface area contributed by atoms with Gasteiger partial charge in [0.15, 0.2) is 11.5 Å². The molecule has 6 rings (SSSR count). The Morgan fingerprint density at radius 3 is 2.64 bits per heavy atom. The number of aromatic nitrogens is 1. The maximum Gasteiger partial charge on any atom is 0.250 e. The molecule has 9 heteroatoms. The van der Waals surface area contributed by atoms with E-state index < -0.39 is 5.91 Å². The highest BCUT2D eigenvalue weighted by Crippen LogP contribution is 2.56. The zero-order valence-electron chi connectivity index (χ0n) is 25.4. The lowest BCUT2D eigenvalue weighted by molar-refractivity contribution is -0.126. The minimum atomic E-state index is -0.630. The molecule has 226 valence electrons. The second-order valence-electron chi connectivity index (χ2n) is 12.0. The third-order valence-electron chi connectivity index (χ3n) is 9.33. The fraction of sp³-hybridized carbons (Fsp3) is 0.515. The molecule has 3 unspecified atom stereocenters. The van der Waals surface area contributed by atoms with E-state index in [0.717, 1.165) is 53.8 Å². The van der Waals surface area contributed by atoms with E-state index >= 15 is 0 Å². The molecule has 1 aromatic heterocycles. The monoisotopic (exact) mass is 576 g/mol. The van der Waals surface area contributed by atoms with Crippen LogP contribution in [-0.2, 0) is 32.6 Å². The summed E-state index contributed by atoms with van der Waals surface area (Å²) in [5, 5.41) is 14.9. The van der Waals surface area contributed by atoms with Crippen LogP contribution in [0.1, 0.15) is 63.6 Å². The van der Waals surface area contributed by atoms with Crippen LogP contribution in [0, 0.1) is 11.8 Å². The molecule has 1 fully saturated rings. The summed E-state index contributed by atoms with van der Waals surface area (Å²) in [4.78, 5) is 29.5. The average molecular weight is 577 g/mol. The number of likely N-dealkylation sites (N-methyl/N-ethyl adjacent to an activating group) is 1. The van der Waals surface area contributed by atoms with Gasteiger partial charge in [-0.1, -0.05) is 45.9 Å². The quantitative estimate of drug-likeness (QED) is 0.276. The molecule has 2 amide bonds. The van der Waals surface area contributed by atoms with Gasteiger partial charge in [0, 0.05) is 34.5 Å². The lowest BCUT2D eigenvalue weighted by Crippen LogP contribution is -2.53. The molecule has 1 saturated carbocycles. The van der Waals surface area contributed by atoms with Crippen LogP contribution < -0.4 is 15.8 Å². The number of aromatic amines is 1. The highest BCUT2D eigenvalue weighted by molar-refractivity contribution is 6.03. The number of benzene rings is 2. The van der Waals surface area contributed by atoms with E-state index in [1.807, 2.05) is 32.0 Å². The Bertz CT molecular complexity index is 1480. The number of hydrogen-bond acceptors (Lipinski definition) is 6. The summed E-state index contributed by atoms with van der Waals surface area (Å²) < 4.78 is 11.7. The van der Waals surface area contributed by atoms with Gasteiger partial charge < -0.3 is 35.5 Å². The van der Waals surface area contributed by atoms with Crippen LogP contribution in [0.5, 0.6) is 17.4 Å². The smallest absolute Gasteiger partial charge is 0.250 e. The Morgan fingerprint density at radius 1 is 1.19 bits per heavy atom. The molecule has 2 heterocycles. The first kappa shape index (κ1) is 29.9. The molecule has 3 atom stereocenters. The number of nitrogens with zero attached hydrogens (tertiary/aromatic N) is 1. The van der Waals surface area contributed by atoms with Gasteiger partial charge in [0.05, 0.1) is 11.2 Å². The molecule has 1 aliphatic heterocycles. The predicted octanol–water partition coefficient (Wildman–Crippen LogP) is 5.24. The number of carbonyl (C=O) groups is 2. The predicted molar refractivity (Wildman–Crippen MR) is 164 cm³/mol. The number of aromatic hydroxyl groups is 1. The molecule has 2 aromatic carbocycles. The Hall–Kier alpha value is -3.56. The number of amides is 2. The van der Waals surface area contributed by atoms with Gasteiger partial charge in [-0.15, -0.1) is 0 Å². The van der Waals surface area contributed by atoms with Gasteiger partial charge >= 0.3 is 0 Å². The number of phenolic OH excluding ortho intramolecular Hbond substituents is 1. The van der Waals surface area contributed by atoms with Gasteiger partial charge in [-0.25, -0.2) is 0 Å². The van der Waals surface area contributed by atoms with Crippen molar-refractivity contribution in [3.8, 4) is 17.4 Å². The summed E-state index contributed by atoms with van der Waals surface area (Å²) in [6, 6.07) is 9.94. The molecule has 0 spiro atoms. The molecular formula is C33H44N4O5. The Labute approximate surface area is 247 Å². The van der Waals surface area contributed by atoms with E-state index in [-0.39, 0.29) is 36.2 Å². The fourth-order valence-corrected chi connectivity index (χ4v) is 6.99. The second-order valence-corrected chi connectivity index (χ2v) is 12.0. The van der Waals surface area contributed by atoms with Crippen LogP contribution in [0.3, 0.4) is 0 Å². The molecule has 3 aromatic rings. The number of primary amides is 1. The molecule has 2 bridgehead atoms. The van der Waals surface area contributed by atoms with Crippen LogP contribution in [-0.4, -0.2) is 59.7 Å². The van der Waals surface area contributed by atoms with Crippen molar-refractivity contribution >= 4 is 28.4 Å². The van der Waals surface area contributed by atoms with E-state index in [4.69, 9.17) is 15.2 Å². The third kappa shape index (κ3) is 5.47. The minimum absolute atomic E-state index is 0.133. The Kier molecular flexibility index (Phi) is 8.53. The molecule has 2 aliphatic carbocycles. The van der Waals surface area contributed by atoms with Gasteiger partial charge in [0.25, 0.3) is 0 Å². The molecule has 0 saturated heterocycles. The number of nitrogens with two attached hydrogens (primary N) is 1. The summed E-state index contributed by atoms with van der Waals surface area (Å²) in [5.74, 6) is 1.30. The van der Waals surface area contributed by atoms with Crippen molar-refractivity contribution in [1.29, 1.82) is 0 Å². The molecule has 0 radical (unpaired) electrons. The van der Waals surface area contributed by atoms with Gasteiger partial charge in [0.1, 0.15) is 13.2 Å². The van der Waals surface area contributed by atoms with E-state index in [0.29, 0.717) is 23.4 Å². The molecule has 5 N–H and O–H groups in total. The van der Waals surface area contributed by atoms with Crippen LogP contribution in [0.25, 0.3) is 10.9 Å². The lowest BCUT2D eigenvalue weighted by atomic mass is 9.58. The van der Waals surface area contributed by atoms with E-state index in [9.17, 15) is 14.7 Å². The largest absolute Gasteiger partial charge is 0.504 e. The summed E-state index contributed by atoms with van der Waals surface area (Å²) in [6.07, 6.45) is 5.25. The van der Waals surface area contributed by atoms with Crippen LogP contribution in [0.2, 0.25) is 0 Å². The van der Waals surface area contributed by atoms with Crippen molar-refractivity contribution in [3.05, 3.63) is 47.0 Å². The lowest BCUT2D eigenvalue weighted by Gasteiger charge is -2.51. The zero-order valence-corrected chi connectivity index (χ0v) is 25.4. The number of nitrogens with one attached hydrogen (secondary N) is 2. The van der Waals surface area contributed by atoms with Crippen LogP contribution >= 0.6 is 0 Å². The number of phenols is 1. The first-order chi connectivity index (χ1) is 20.2. The first-order valence-electron chi connectivity index (χ1n) is 15.2. The Balaban J connectivity index is 0.00000173. The highest BCUT2D eigenvalue weighted by Gasteiger charge is 2.50. The first-order valence-corrected chi connectivity index (χ1v) is 15.2. The van der Waals surface area contributed by atoms with Gasteiger partial charge in [-0.3, -0.25) is 9.59 Å². The number of fused-ring (bicyclic) bond motifs is 4. The fourth-order valence-electron chi connectivity index (χ4n) is 6.99. The number of rotatable bonds is 9. The molecule has 9 nitrogen and oxygen atoms in total. The van der Waals surface area contributed by atoms with Crippen LogP contribution in [0.15, 0.2) is 30.3 Å².